The van der Waals surface area contributed by atoms with Crippen LogP contribution in [-0.4, -0.2) is 20.0 Å². The molecule has 1 fully saturated rings. The van der Waals surface area contributed by atoms with E-state index in [9.17, 15) is 8.78 Å². The van der Waals surface area contributed by atoms with Crippen molar-refractivity contribution in [2.75, 3.05) is 19.0 Å². The molecule has 0 aromatic heterocycles. The maximum atomic E-state index is 13.3. The first-order valence-corrected chi connectivity index (χ1v) is 7.02. The summed E-state index contributed by atoms with van der Waals surface area (Å²) in [6.45, 7) is 0. The van der Waals surface area contributed by atoms with Crippen LogP contribution in [0.1, 0.15) is 37.3 Å². The zero-order valence-electron chi connectivity index (χ0n) is 12.1. The molecule has 1 aliphatic carbocycles. The lowest BCUT2D eigenvalue weighted by Gasteiger charge is -2.22. The average Bonchev–Trinajstić information content (AvgIpc) is 2.75. The van der Waals surface area contributed by atoms with Crippen LogP contribution in [0.3, 0.4) is 0 Å². The summed E-state index contributed by atoms with van der Waals surface area (Å²) in [6, 6.07) is 7.95. The van der Waals surface area contributed by atoms with Gasteiger partial charge in [-0.15, -0.1) is 0 Å². The van der Waals surface area contributed by atoms with E-state index in [1.54, 1.807) is 0 Å². The molecule has 0 spiro atoms. The molecule has 0 radical (unpaired) electrons. The third kappa shape index (κ3) is 3.67. The van der Waals surface area contributed by atoms with E-state index < -0.39 is 5.92 Å². The Morgan fingerprint density at radius 1 is 1.45 bits per heavy atom. The van der Waals surface area contributed by atoms with Gasteiger partial charge in [0.15, 0.2) is 0 Å². The molecular formula is C15H23F2N3. The summed E-state index contributed by atoms with van der Waals surface area (Å²) in [5.41, 5.74) is 4.91. The molecule has 1 aliphatic rings. The molecule has 2 unspecified atom stereocenters. The lowest BCUT2D eigenvalue weighted by atomic mass is 9.93. The molecule has 3 N–H and O–H groups in total. The zero-order chi connectivity index (χ0) is 14.8. The molecule has 1 saturated carbocycles. The van der Waals surface area contributed by atoms with Crippen molar-refractivity contribution in [1.82, 2.24) is 5.43 Å². The second-order valence-electron chi connectivity index (χ2n) is 5.91. The quantitative estimate of drug-likeness (QED) is 0.644. The molecule has 5 heteroatoms. The first-order chi connectivity index (χ1) is 9.41. The summed E-state index contributed by atoms with van der Waals surface area (Å²) in [5, 5.41) is 0. The van der Waals surface area contributed by atoms with Gasteiger partial charge in [-0.05, 0) is 36.5 Å². The van der Waals surface area contributed by atoms with Gasteiger partial charge in [0.25, 0.3) is 0 Å². The van der Waals surface area contributed by atoms with Gasteiger partial charge >= 0.3 is 0 Å². The van der Waals surface area contributed by atoms with Crippen molar-refractivity contribution in [3.05, 3.63) is 29.8 Å². The molecule has 0 bridgehead atoms. The monoisotopic (exact) mass is 283 g/mol. The Balaban J connectivity index is 2.07. The number of benzene rings is 1. The highest BCUT2D eigenvalue weighted by Gasteiger charge is 2.40. The average molecular weight is 283 g/mol. The van der Waals surface area contributed by atoms with Crippen LogP contribution >= 0.6 is 0 Å². The van der Waals surface area contributed by atoms with Gasteiger partial charge in [-0.1, -0.05) is 12.1 Å². The molecule has 112 valence electrons. The maximum absolute atomic E-state index is 13.3. The Hall–Kier alpha value is -1.20. The van der Waals surface area contributed by atoms with Crippen molar-refractivity contribution in [2.24, 2.45) is 11.8 Å². The lowest BCUT2D eigenvalue weighted by Crippen LogP contribution is -2.29. The highest BCUT2D eigenvalue weighted by molar-refractivity contribution is 5.47. The number of alkyl halides is 2. The summed E-state index contributed by atoms with van der Waals surface area (Å²) < 4.78 is 26.5. The van der Waals surface area contributed by atoms with Gasteiger partial charge in [0.1, 0.15) is 0 Å². The van der Waals surface area contributed by atoms with Crippen molar-refractivity contribution in [2.45, 2.75) is 37.6 Å². The lowest BCUT2D eigenvalue weighted by molar-refractivity contribution is 0.00430. The van der Waals surface area contributed by atoms with E-state index in [4.69, 9.17) is 5.84 Å². The zero-order valence-corrected chi connectivity index (χ0v) is 12.1. The first kappa shape index (κ1) is 15.2. The third-order valence-corrected chi connectivity index (χ3v) is 4.06. The van der Waals surface area contributed by atoms with Crippen LogP contribution in [0.4, 0.5) is 14.5 Å². The van der Waals surface area contributed by atoms with Crippen molar-refractivity contribution in [3.8, 4) is 0 Å². The number of hydrogen-bond donors (Lipinski definition) is 2. The van der Waals surface area contributed by atoms with Crippen molar-refractivity contribution in [3.63, 3.8) is 0 Å². The van der Waals surface area contributed by atoms with Gasteiger partial charge in [-0.3, -0.25) is 11.3 Å². The SMILES string of the molecule is CN(C)c1cccc(C(CC2CCC(F)(F)C2)NN)c1. The van der Waals surface area contributed by atoms with Gasteiger partial charge < -0.3 is 4.90 Å². The fourth-order valence-corrected chi connectivity index (χ4v) is 2.90. The van der Waals surface area contributed by atoms with Gasteiger partial charge in [0.05, 0.1) is 0 Å². The molecule has 0 amide bonds. The summed E-state index contributed by atoms with van der Waals surface area (Å²) in [5.74, 6) is 3.17. The molecular weight excluding hydrogens is 260 g/mol. The van der Waals surface area contributed by atoms with E-state index in [0.29, 0.717) is 12.8 Å². The normalized spacial score (nSPS) is 22.8. The molecule has 1 aromatic carbocycles. The topological polar surface area (TPSA) is 41.3 Å². The smallest absolute Gasteiger partial charge is 0.248 e. The Morgan fingerprint density at radius 3 is 2.75 bits per heavy atom. The van der Waals surface area contributed by atoms with E-state index >= 15 is 0 Å². The maximum Gasteiger partial charge on any atom is 0.248 e. The van der Waals surface area contributed by atoms with Crippen LogP contribution in [0.5, 0.6) is 0 Å². The second kappa shape index (κ2) is 6.06. The Labute approximate surface area is 119 Å². The molecule has 2 atom stereocenters. The van der Waals surface area contributed by atoms with Gasteiger partial charge in [-0.25, -0.2) is 8.78 Å². The molecule has 1 aromatic rings. The Kier molecular flexibility index (Phi) is 4.60. The number of nitrogens with one attached hydrogen (secondary N) is 1. The van der Waals surface area contributed by atoms with Crippen LogP contribution in [0.2, 0.25) is 0 Å². The fraction of sp³-hybridized carbons (Fsp3) is 0.600. The molecule has 0 aliphatic heterocycles. The standard InChI is InChI=1S/C15H23F2N3/c1-20(2)13-5-3-4-12(9-13)14(19-18)8-11-6-7-15(16,17)10-11/h3-5,9,11,14,19H,6-8,10,18H2,1-2H3. The summed E-state index contributed by atoms with van der Waals surface area (Å²) in [7, 11) is 3.95. The minimum absolute atomic E-state index is 0.00664. The van der Waals surface area contributed by atoms with Crippen LogP contribution in [-0.2, 0) is 0 Å². The second-order valence-corrected chi connectivity index (χ2v) is 5.91. The van der Waals surface area contributed by atoms with E-state index in [1.165, 1.54) is 0 Å². The third-order valence-electron chi connectivity index (χ3n) is 4.06. The van der Waals surface area contributed by atoms with Crippen LogP contribution in [0.25, 0.3) is 0 Å². The minimum Gasteiger partial charge on any atom is -0.378 e. The van der Waals surface area contributed by atoms with Crippen LogP contribution in [0.15, 0.2) is 24.3 Å². The van der Waals surface area contributed by atoms with E-state index in [0.717, 1.165) is 11.3 Å². The number of nitrogens with two attached hydrogens (primary N) is 1. The van der Waals surface area contributed by atoms with Crippen molar-refractivity contribution < 1.29 is 8.78 Å². The van der Waals surface area contributed by atoms with E-state index in [2.05, 4.69) is 11.5 Å². The van der Waals surface area contributed by atoms with Crippen LogP contribution in [0, 0.1) is 5.92 Å². The van der Waals surface area contributed by atoms with Crippen LogP contribution < -0.4 is 16.2 Å². The Bertz CT molecular complexity index is 448. The first-order valence-electron chi connectivity index (χ1n) is 7.02. The number of hydrazine groups is 1. The number of anilines is 1. The summed E-state index contributed by atoms with van der Waals surface area (Å²) in [6.07, 6.45) is 1.23. The van der Waals surface area contributed by atoms with Crippen molar-refractivity contribution >= 4 is 5.69 Å². The molecule has 0 heterocycles. The number of hydrogen-bond acceptors (Lipinski definition) is 3. The highest BCUT2D eigenvalue weighted by Crippen LogP contribution is 2.42. The molecule has 0 saturated heterocycles. The molecule has 20 heavy (non-hydrogen) atoms. The predicted octanol–water partition coefficient (Wildman–Crippen LogP) is 3.08. The minimum atomic E-state index is -2.49. The predicted molar refractivity (Wildman–Crippen MR) is 77.7 cm³/mol. The van der Waals surface area contributed by atoms with E-state index in [-0.39, 0.29) is 24.8 Å². The fourth-order valence-electron chi connectivity index (χ4n) is 2.90. The van der Waals surface area contributed by atoms with Gasteiger partial charge in [-0.2, -0.15) is 0 Å². The van der Waals surface area contributed by atoms with E-state index in [1.807, 2.05) is 37.2 Å². The van der Waals surface area contributed by atoms with Gasteiger partial charge in [0, 0.05) is 38.7 Å². The largest absolute Gasteiger partial charge is 0.378 e. The summed E-state index contributed by atoms with van der Waals surface area (Å²) in [4.78, 5) is 2.01. The molecule has 3 nitrogen and oxygen atoms in total. The number of halogens is 2. The van der Waals surface area contributed by atoms with Crippen molar-refractivity contribution in [1.29, 1.82) is 0 Å². The number of nitrogens with zero attached hydrogens (tertiary/aromatic N) is 1. The number of rotatable bonds is 5. The Morgan fingerprint density at radius 2 is 2.20 bits per heavy atom. The molecule has 2 rings (SSSR count). The highest BCUT2D eigenvalue weighted by atomic mass is 19.3. The van der Waals surface area contributed by atoms with Gasteiger partial charge in [0.2, 0.25) is 5.92 Å². The summed E-state index contributed by atoms with van der Waals surface area (Å²) >= 11 is 0.